The molecular formula is C21H26N2O2. The highest BCUT2D eigenvalue weighted by molar-refractivity contribution is 5.75. The maximum atomic E-state index is 10.5. The summed E-state index contributed by atoms with van der Waals surface area (Å²) in [7, 11) is 0. The Morgan fingerprint density at radius 1 is 1.12 bits per heavy atom. The summed E-state index contributed by atoms with van der Waals surface area (Å²) in [5.41, 5.74) is 5.46. The molecule has 1 N–H and O–H groups in total. The van der Waals surface area contributed by atoms with Gasteiger partial charge >= 0.3 is 0 Å². The number of fused-ring (bicyclic) bond motifs is 1. The summed E-state index contributed by atoms with van der Waals surface area (Å²) in [6.45, 7) is 8.99. The molecule has 0 saturated carbocycles. The fraction of sp³-hybridized carbons (Fsp3) is 0.381. The molecule has 3 rings (SSSR count). The van der Waals surface area contributed by atoms with Crippen molar-refractivity contribution in [3.05, 3.63) is 58.9 Å². The SMILES string of the molecule is CCc1nc2ccccc2n1C[C@H](O)COc1c(C)cc(C)cc1C. The van der Waals surface area contributed by atoms with Crippen LogP contribution in [0.3, 0.4) is 0 Å². The molecule has 0 bridgehead atoms. The number of imidazole rings is 1. The summed E-state index contributed by atoms with van der Waals surface area (Å²) in [6.07, 6.45) is 0.237. The van der Waals surface area contributed by atoms with Crippen LogP contribution < -0.4 is 4.74 Å². The predicted octanol–water partition coefficient (Wildman–Crippen LogP) is 3.96. The lowest BCUT2D eigenvalue weighted by Crippen LogP contribution is -2.25. The molecule has 4 heteroatoms. The molecule has 1 atom stereocenters. The van der Waals surface area contributed by atoms with Crippen LogP contribution in [0.1, 0.15) is 29.4 Å². The van der Waals surface area contributed by atoms with Gasteiger partial charge in [0, 0.05) is 6.42 Å². The number of hydrogen-bond donors (Lipinski definition) is 1. The van der Waals surface area contributed by atoms with Crippen molar-refractivity contribution in [2.75, 3.05) is 6.61 Å². The molecule has 0 radical (unpaired) electrons. The number of benzene rings is 2. The monoisotopic (exact) mass is 338 g/mol. The second-order valence-corrected chi connectivity index (χ2v) is 6.67. The van der Waals surface area contributed by atoms with Gasteiger partial charge in [-0.1, -0.05) is 36.8 Å². The van der Waals surface area contributed by atoms with E-state index >= 15 is 0 Å². The van der Waals surface area contributed by atoms with Gasteiger partial charge in [0.2, 0.25) is 0 Å². The maximum absolute atomic E-state index is 10.5. The molecular weight excluding hydrogens is 312 g/mol. The van der Waals surface area contributed by atoms with E-state index in [4.69, 9.17) is 4.74 Å². The fourth-order valence-electron chi connectivity index (χ4n) is 3.44. The van der Waals surface area contributed by atoms with Crippen molar-refractivity contribution in [2.45, 2.75) is 46.8 Å². The lowest BCUT2D eigenvalue weighted by atomic mass is 10.1. The van der Waals surface area contributed by atoms with E-state index in [1.54, 1.807) is 0 Å². The van der Waals surface area contributed by atoms with Crippen molar-refractivity contribution in [2.24, 2.45) is 0 Å². The second kappa shape index (κ2) is 7.28. The number of para-hydroxylation sites is 2. The first kappa shape index (κ1) is 17.5. The van der Waals surface area contributed by atoms with Gasteiger partial charge in [0.15, 0.2) is 0 Å². The Morgan fingerprint density at radius 2 is 1.80 bits per heavy atom. The zero-order chi connectivity index (χ0) is 18.0. The summed E-state index contributed by atoms with van der Waals surface area (Å²) in [4.78, 5) is 4.65. The normalized spacial score (nSPS) is 12.5. The van der Waals surface area contributed by atoms with Crippen molar-refractivity contribution in [1.82, 2.24) is 9.55 Å². The molecule has 0 amide bonds. The van der Waals surface area contributed by atoms with E-state index in [1.807, 2.05) is 38.1 Å². The first-order valence-electron chi connectivity index (χ1n) is 8.82. The number of hydrogen-bond acceptors (Lipinski definition) is 3. The summed E-state index contributed by atoms with van der Waals surface area (Å²) in [6, 6.07) is 12.3. The first-order chi connectivity index (χ1) is 12.0. The van der Waals surface area contributed by atoms with Gasteiger partial charge in [0.1, 0.15) is 24.3 Å². The van der Waals surface area contributed by atoms with Crippen molar-refractivity contribution in [1.29, 1.82) is 0 Å². The van der Waals surface area contributed by atoms with Crippen molar-refractivity contribution < 1.29 is 9.84 Å². The Balaban J connectivity index is 1.74. The molecule has 1 heterocycles. The smallest absolute Gasteiger partial charge is 0.125 e. The van der Waals surface area contributed by atoms with E-state index in [0.717, 1.165) is 40.2 Å². The topological polar surface area (TPSA) is 47.3 Å². The van der Waals surface area contributed by atoms with Gasteiger partial charge in [-0.3, -0.25) is 0 Å². The molecule has 0 aliphatic carbocycles. The third-order valence-electron chi connectivity index (χ3n) is 4.47. The molecule has 4 nitrogen and oxygen atoms in total. The third-order valence-corrected chi connectivity index (χ3v) is 4.47. The van der Waals surface area contributed by atoms with Crippen molar-refractivity contribution in [3.8, 4) is 5.75 Å². The molecule has 0 aliphatic rings. The van der Waals surface area contributed by atoms with Crippen molar-refractivity contribution >= 4 is 11.0 Å². The molecule has 0 saturated heterocycles. The summed E-state index contributed by atoms with van der Waals surface area (Å²) < 4.78 is 8.03. The lowest BCUT2D eigenvalue weighted by molar-refractivity contribution is 0.0921. The Kier molecular flexibility index (Phi) is 5.09. The number of aryl methyl sites for hydroxylation is 4. The number of ether oxygens (including phenoxy) is 1. The van der Waals surface area contributed by atoms with E-state index in [-0.39, 0.29) is 6.61 Å². The number of aromatic nitrogens is 2. The Hall–Kier alpha value is -2.33. The van der Waals surface area contributed by atoms with Gasteiger partial charge in [-0.05, 0) is 44.0 Å². The zero-order valence-electron chi connectivity index (χ0n) is 15.4. The van der Waals surface area contributed by atoms with E-state index in [1.165, 1.54) is 5.56 Å². The van der Waals surface area contributed by atoms with Crippen LogP contribution in [-0.4, -0.2) is 27.4 Å². The van der Waals surface area contributed by atoms with Crippen LogP contribution in [0.2, 0.25) is 0 Å². The minimum atomic E-state index is -0.594. The van der Waals surface area contributed by atoms with Gasteiger partial charge in [-0.2, -0.15) is 0 Å². The number of rotatable bonds is 6. The molecule has 0 fully saturated rings. The average Bonchev–Trinajstić information content (AvgIpc) is 2.91. The average molecular weight is 338 g/mol. The molecule has 2 aromatic carbocycles. The highest BCUT2D eigenvalue weighted by Gasteiger charge is 2.14. The Bertz CT molecular complexity index is 860. The van der Waals surface area contributed by atoms with Gasteiger partial charge in [-0.15, -0.1) is 0 Å². The van der Waals surface area contributed by atoms with Crippen molar-refractivity contribution in [3.63, 3.8) is 0 Å². The summed E-state index contributed by atoms with van der Waals surface area (Å²) >= 11 is 0. The van der Waals surface area contributed by atoms with Crippen LogP contribution in [0.5, 0.6) is 5.75 Å². The minimum Gasteiger partial charge on any atom is -0.490 e. The molecule has 0 spiro atoms. The quantitative estimate of drug-likeness (QED) is 0.740. The second-order valence-electron chi connectivity index (χ2n) is 6.67. The molecule has 25 heavy (non-hydrogen) atoms. The minimum absolute atomic E-state index is 0.264. The van der Waals surface area contributed by atoms with Crippen LogP contribution in [0, 0.1) is 20.8 Å². The first-order valence-corrected chi connectivity index (χ1v) is 8.82. The highest BCUT2D eigenvalue weighted by atomic mass is 16.5. The van der Waals surface area contributed by atoms with Gasteiger partial charge in [0.25, 0.3) is 0 Å². The van der Waals surface area contributed by atoms with E-state index in [0.29, 0.717) is 6.54 Å². The standard InChI is InChI=1S/C21H26N2O2/c1-5-20-22-18-8-6-7-9-19(18)23(20)12-17(24)13-25-21-15(3)10-14(2)11-16(21)4/h6-11,17,24H,5,12-13H2,1-4H3/t17-/m0/s1. The Labute approximate surface area is 149 Å². The van der Waals surface area contributed by atoms with Crippen LogP contribution in [0.25, 0.3) is 11.0 Å². The van der Waals surface area contributed by atoms with E-state index < -0.39 is 6.10 Å². The Morgan fingerprint density at radius 3 is 2.48 bits per heavy atom. The number of nitrogens with zero attached hydrogens (tertiary/aromatic N) is 2. The van der Waals surface area contributed by atoms with Crippen LogP contribution >= 0.6 is 0 Å². The zero-order valence-corrected chi connectivity index (χ0v) is 15.4. The summed E-state index contributed by atoms with van der Waals surface area (Å²) in [5.74, 6) is 1.86. The van der Waals surface area contributed by atoms with Gasteiger partial charge < -0.3 is 14.4 Å². The van der Waals surface area contributed by atoms with Crippen LogP contribution in [-0.2, 0) is 13.0 Å². The predicted molar refractivity (Wildman–Crippen MR) is 101 cm³/mol. The van der Waals surface area contributed by atoms with Gasteiger partial charge in [0.05, 0.1) is 17.6 Å². The van der Waals surface area contributed by atoms with Crippen LogP contribution in [0.15, 0.2) is 36.4 Å². The third kappa shape index (κ3) is 3.69. The fourth-order valence-corrected chi connectivity index (χ4v) is 3.44. The number of aliphatic hydroxyl groups is 1. The number of aliphatic hydroxyl groups excluding tert-OH is 1. The molecule has 0 aliphatic heterocycles. The molecule has 3 aromatic rings. The van der Waals surface area contributed by atoms with E-state index in [9.17, 15) is 5.11 Å². The summed E-state index contributed by atoms with van der Waals surface area (Å²) in [5, 5.41) is 10.5. The molecule has 0 unspecified atom stereocenters. The maximum Gasteiger partial charge on any atom is 0.125 e. The highest BCUT2D eigenvalue weighted by Crippen LogP contribution is 2.25. The molecule has 132 valence electrons. The largest absolute Gasteiger partial charge is 0.490 e. The molecule has 1 aromatic heterocycles. The lowest BCUT2D eigenvalue weighted by Gasteiger charge is -2.18. The van der Waals surface area contributed by atoms with Crippen LogP contribution in [0.4, 0.5) is 0 Å². The van der Waals surface area contributed by atoms with E-state index in [2.05, 4.69) is 35.5 Å². The van der Waals surface area contributed by atoms with Gasteiger partial charge in [-0.25, -0.2) is 4.98 Å².